The van der Waals surface area contributed by atoms with E-state index in [1.54, 1.807) is 0 Å². The number of sulfonamides is 1. The van der Waals surface area contributed by atoms with Crippen molar-refractivity contribution in [1.29, 1.82) is 0 Å². The van der Waals surface area contributed by atoms with E-state index in [1.807, 2.05) is 0 Å². The molecule has 0 bridgehead atoms. The molecule has 0 N–H and O–H groups in total. The molecule has 1 atom stereocenters. The number of rotatable bonds is 4. The molecule has 6 nitrogen and oxygen atoms in total. The van der Waals surface area contributed by atoms with E-state index in [0.29, 0.717) is 31.0 Å². The summed E-state index contributed by atoms with van der Waals surface area (Å²) in [6.07, 6.45) is -4.01. The van der Waals surface area contributed by atoms with Gasteiger partial charge in [-0.05, 0) is 37.1 Å². The zero-order valence-corrected chi connectivity index (χ0v) is 15.0. The second-order valence-corrected chi connectivity index (χ2v) is 7.95. The molecule has 2 aromatic rings. The maximum absolute atomic E-state index is 13.9. The molecule has 1 fully saturated rings. The van der Waals surface area contributed by atoms with Gasteiger partial charge in [0.15, 0.2) is 5.69 Å². The average Bonchev–Trinajstić information content (AvgIpc) is 2.63. The van der Waals surface area contributed by atoms with Crippen LogP contribution in [0.5, 0.6) is 6.01 Å². The number of ether oxygens (including phenoxy) is 1. The van der Waals surface area contributed by atoms with Crippen LogP contribution < -0.4 is 4.74 Å². The minimum absolute atomic E-state index is 0.0294. The fraction of sp³-hybridized carbons (Fsp3) is 0.375. The molecule has 28 heavy (non-hydrogen) atoms. The molecule has 0 radical (unpaired) electrons. The summed E-state index contributed by atoms with van der Waals surface area (Å²) in [6, 6.07) is 2.20. The molecule has 0 saturated carbocycles. The van der Waals surface area contributed by atoms with Crippen molar-refractivity contribution in [2.75, 3.05) is 13.1 Å². The number of nitrogens with zero attached hydrogens (tertiary/aromatic N) is 3. The Morgan fingerprint density at radius 2 is 1.93 bits per heavy atom. The van der Waals surface area contributed by atoms with Crippen molar-refractivity contribution < 1.29 is 35.1 Å². The molecule has 12 heteroatoms. The van der Waals surface area contributed by atoms with Gasteiger partial charge in [-0.1, -0.05) is 0 Å². The van der Waals surface area contributed by atoms with Crippen LogP contribution in [0.15, 0.2) is 35.4 Å². The van der Waals surface area contributed by atoms with Crippen LogP contribution in [0.3, 0.4) is 0 Å². The standard InChI is InChI=1S/C16H14F5N3O3S/c17-10-3-4-12(18)13(8-10)28(25,26)24-7-1-2-11(9-24)27-15-22-6-5-14(23-15)16(19,20)21/h3-6,8,11H,1-2,7,9H2. The second-order valence-electron chi connectivity index (χ2n) is 6.04. The first-order valence-electron chi connectivity index (χ1n) is 8.09. The lowest BCUT2D eigenvalue weighted by Gasteiger charge is -2.31. The number of halogens is 5. The molecule has 152 valence electrons. The monoisotopic (exact) mass is 423 g/mol. The van der Waals surface area contributed by atoms with E-state index in [2.05, 4.69) is 9.97 Å². The van der Waals surface area contributed by atoms with Crippen LogP contribution in [0.4, 0.5) is 22.0 Å². The summed E-state index contributed by atoms with van der Waals surface area (Å²) in [5.41, 5.74) is -1.19. The van der Waals surface area contributed by atoms with Gasteiger partial charge in [0.25, 0.3) is 0 Å². The summed E-state index contributed by atoms with van der Waals surface area (Å²) in [4.78, 5) is 6.06. The highest BCUT2D eigenvalue weighted by molar-refractivity contribution is 7.89. The first-order chi connectivity index (χ1) is 13.1. The molecule has 2 heterocycles. The minimum atomic E-state index is -4.68. The third kappa shape index (κ3) is 4.38. The molecule has 1 aromatic heterocycles. The van der Waals surface area contributed by atoms with Crippen LogP contribution >= 0.6 is 0 Å². The largest absolute Gasteiger partial charge is 0.459 e. The predicted octanol–water partition coefficient (Wildman–Crippen LogP) is 3.01. The smallest absolute Gasteiger partial charge is 0.433 e. The van der Waals surface area contributed by atoms with Gasteiger partial charge < -0.3 is 4.74 Å². The van der Waals surface area contributed by atoms with E-state index in [9.17, 15) is 30.4 Å². The van der Waals surface area contributed by atoms with E-state index >= 15 is 0 Å². The SMILES string of the molecule is O=S(=O)(c1cc(F)ccc1F)N1CCCC(Oc2nccc(C(F)(F)F)n2)C1. The number of piperidine rings is 1. The first-order valence-corrected chi connectivity index (χ1v) is 9.53. The van der Waals surface area contributed by atoms with Gasteiger partial charge in [0, 0.05) is 12.7 Å². The molecule has 1 aliphatic rings. The van der Waals surface area contributed by atoms with Gasteiger partial charge in [0.05, 0.1) is 6.54 Å². The van der Waals surface area contributed by atoms with Crippen LogP contribution in [-0.2, 0) is 16.2 Å². The minimum Gasteiger partial charge on any atom is -0.459 e. The molecule has 1 aliphatic heterocycles. The van der Waals surface area contributed by atoms with Crippen LogP contribution in [0.1, 0.15) is 18.5 Å². The zero-order chi connectivity index (χ0) is 20.5. The lowest BCUT2D eigenvalue weighted by atomic mass is 10.1. The van der Waals surface area contributed by atoms with Gasteiger partial charge in [0.2, 0.25) is 10.0 Å². The fourth-order valence-electron chi connectivity index (χ4n) is 2.74. The van der Waals surface area contributed by atoms with E-state index < -0.39 is 50.5 Å². The zero-order valence-electron chi connectivity index (χ0n) is 14.2. The topological polar surface area (TPSA) is 72.4 Å². The Hall–Kier alpha value is -2.34. The Morgan fingerprint density at radius 3 is 2.64 bits per heavy atom. The molecule has 0 amide bonds. The molecule has 0 spiro atoms. The van der Waals surface area contributed by atoms with Crippen molar-refractivity contribution in [2.24, 2.45) is 0 Å². The fourth-order valence-corrected chi connectivity index (χ4v) is 4.32. The molecule has 1 unspecified atom stereocenters. The van der Waals surface area contributed by atoms with Gasteiger partial charge in [-0.25, -0.2) is 22.2 Å². The Morgan fingerprint density at radius 1 is 1.18 bits per heavy atom. The molecule has 1 saturated heterocycles. The summed E-state index contributed by atoms with van der Waals surface area (Å²) in [5.74, 6) is -2.02. The van der Waals surface area contributed by atoms with Gasteiger partial charge in [0.1, 0.15) is 22.6 Å². The molecule has 3 rings (SSSR count). The molecule has 0 aliphatic carbocycles. The van der Waals surface area contributed by atoms with E-state index in [-0.39, 0.29) is 13.1 Å². The molecular weight excluding hydrogens is 409 g/mol. The lowest BCUT2D eigenvalue weighted by molar-refractivity contribution is -0.141. The summed E-state index contributed by atoms with van der Waals surface area (Å²) < 4.78 is 96.9. The van der Waals surface area contributed by atoms with Gasteiger partial charge in [-0.2, -0.15) is 22.5 Å². The van der Waals surface area contributed by atoms with E-state index in [4.69, 9.17) is 4.74 Å². The Labute approximate surface area is 157 Å². The Kier molecular flexibility index (Phi) is 5.53. The van der Waals surface area contributed by atoms with Gasteiger partial charge >= 0.3 is 12.2 Å². The predicted molar refractivity (Wildman–Crippen MR) is 85.8 cm³/mol. The maximum atomic E-state index is 13.9. The number of aromatic nitrogens is 2. The highest BCUT2D eigenvalue weighted by atomic mass is 32.2. The summed E-state index contributed by atoms with van der Waals surface area (Å²) in [7, 11) is -4.35. The third-order valence-corrected chi connectivity index (χ3v) is 5.93. The quantitative estimate of drug-likeness (QED) is 0.707. The first kappa shape index (κ1) is 20.4. The van der Waals surface area contributed by atoms with Crippen molar-refractivity contribution in [3.63, 3.8) is 0 Å². The normalized spacial score (nSPS) is 18.8. The van der Waals surface area contributed by atoms with Crippen molar-refractivity contribution in [3.05, 3.63) is 47.8 Å². The van der Waals surface area contributed by atoms with Gasteiger partial charge in [-0.3, -0.25) is 0 Å². The van der Waals surface area contributed by atoms with E-state index in [1.165, 1.54) is 0 Å². The number of alkyl halides is 3. The van der Waals surface area contributed by atoms with Crippen LogP contribution in [0.25, 0.3) is 0 Å². The number of hydrogen-bond donors (Lipinski definition) is 0. The Bertz CT molecular complexity index is 968. The van der Waals surface area contributed by atoms with Crippen molar-refractivity contribution in [3.8, 4) is 6.01 Å². The van der Waals surface area contributed by atoms with Crippen molar-refractivity contribution >= 4 is 10.0 Å². The highest BCUT2D eigenvalue weighted by Gasteiger charge is 2.35. The Balaban J connectivity index is 1.78. The average molecular weight is 423 g/mol. The summed E-state index contributed by atoms with van der Waals surface area (Å²) >= 11 is 0. The van der Waals surface area contributed by atoms with Crippen LogP contribution in [-0.4, -0.2) is 41.9 Å². The summed E-state index contributed by atoms with van der Waals surface area (Å²) in [5, 5.41) is 0. The number of benzene rings is 1. The van der Waals surface area contributed by atoms with Crippen LogP contribution in [0.2, 0.25) is 0 Å². The third-order valence-electron chi connectivity index (χ3n) is 4.05. The van der Waals surface area contributed by atoms with Crippen molar-refractivity contribution in [2.45, 2.75) is 30.0 Å². The second kappa shape index (κ2) is 7.59. The lowest BCUT2D eigenvalue weighted by Crippen LogP contribution is -2.44. The molecular formula is C16H14F5N3O3S. The number of hydrogen-bond acceptors (Lipinski definition) is 5. The van der Waals surface area contributed by atoms with Crippen molar-refractivity contribution in [1.82, 2.24) is 14.3 Å². The highest BCUT2D eigenvalue weighted by Crippen LogP contribution is 2.29. The van der Waals surface area contributed by atoms with Crippen LogP contribution in [0, 0.1) is 11.6 Å². The van der Waals surface area contributed by atoms with Gasteiger partial charge in [-0.15, -0.1) is 0 Å². The van der Waals surface area contributed by atoms with E-state index in [0.717, 1.165) is 16.6 Å². The summed E-state index contributed by atoms with van der Waals surface area (Å²) in [6.45, 7) is -0.237. The maximum Gasteiger partial charge on any atom is 0.433 e. The molecule has 1 aromatic carbocycles.